The fraction of sp³-hybridized carbons (Fsp3) is 0.581. The van der Waals surface area contributed by atoms with Crippen LogP contribution in [0.25, 0.3) is 0 Å². The van der Waals surface area contributed by atoms with Gasteiger partial charge in [-0.25, -0.2) is 0 Å². The summed E-state index contributed by atoms with van der Waals surface area (Å²) in [7, 11) is 4.01. The van der Waals surface area contributed by atoms with Gasteiger partial charge in [-0.3, -0.25) is 14.4 Å². The van der Waals surface area contributed by atoms with Gasteiger partial charge in [0, 0.05) is 38.0 Å². The molecular formula is C31H39NO4. The summed E-state index contributed by atoms with van der Waals surface area (Å²) in [6.07, 6.45) is 9.53. The predicted octanol–water partition coefficient (Wildman–Crippen LogP) is 5.76. The standard InChI is InChI=1S/C31H39NO4/c1-20(33)31(36-29(35)14-7-21-5-9-23(10-6-21)32(3)4)18-16-28-27-12-8-22-19-24(34)11-13-25(22)26(27)15-17-30(28,31)2/h5-6,9-10,19,27-28H,7-8,11-18H2,1-4H3/t27-,28+,30+,31+/m1/s1. The molecule has 1 aromatic rings. The molecule has 5 nitrogen and oxygen atoms in total. The van der Waals surface area contributed by atoms with Crippen LogP contribution in [0.5, 0.6) is 0 Å². The zero-order valence-corrected chi connectivity index (χ0v) is 22.2. The first kappa shape index (κ1) is 25.0. The molecule has 4 atom stereocenters. The molecule has 0 radical (unpaired) electrons. The predicted molar refractivity (Wildman–Crippen MR) is 141 cm³/mol. The van der Waals surface area contributed by atoms with Crippen LogP contribution < -0.4 is 4.90 Å². The van der Waals surface area contributed by atoms with Crippen molar-refractivity contribution >= 4 is 23.2 Å². The fourth-order valence-corrected chi connectivity index (χ4v) is 7.80. The van der Waals surface area contributed by atoms with Gasteiger partial charge >= 0.3 is 5.97 Å². The number of ketones is 2. The highest BCUT2D eigenvalue weighted by Gasteiger charge is 2.65. The maximum absolute atomic E-state index is 13.2. The summed E-state index contributed by atoms with van der Waals surface area (Å²) in [6, 6.07) is 8.22. The van der Waals surface area contributed by atoms with Gasteiger partial charge in [0.15, 0.2) is 17.2 Å². The Labute approximate surface area is 215 Å². The van der Waals surface area contributed by atoms with Gasteiger partial charge in [0.05, 0.1) is 0 Å². The average Bonchev–Trinajstić information content (AvgIpc) is 3.15. The molecule has 0 N–H and O–H groups in total. The van der Waals surface area contributed by atoms with Gasteiger partial charge in [-0.15, -0.1) is 0 Å². The largest absolute Gasteiger partial charge is 0.450 e. The van der Waals surface area contributed by atoms with Crippen molar-refractivity contribution in [3.05, 3.63) is 52.6 Å². The average molecular weight is 490 g/mol. The molecule has 2 saturated carbocycles. The molecule has 0 saturated heterocycles. The number of aryl methyl sites for hydroxylation is 1. The first-order chi connectivity index (χ1) is 17.1. The molecule has 4 aliphatic rings. The smallest absolute Gasteiger partial charge is 0.307 e. The number of Topliss-reactive ketones (excluding diaryl/α,β-unsaturated/α-hetero) is 1. The van der Waals surface area contributed by atoms with E-state index in [1.54, 1.807) is 6.92 Å². The number of ether oxygens (including phenoxy) is 1. The molecule has 0 amide bonds. The van der Waals surface area contributed by atoms with Crippen LogP contribution in [0.4, 0.5) is 5.69 Å². The summed E-state index contributed by atoms with van der Waals surface area (Å²) in [4.78, 5) is 40.4. The number of fused-ring (bicyclic) bond motifs is 4. The Bertz CT molecular complexity index is 1140. The molecule has 0 aliphatic heterocycles. The van der Waals surface area contributed by atoms with Crippen LogP contribution in [0.1, 0.15) is 77.2 Å². The van der Waals surface area contributed by atoms with Gasteiger partial charge < -0.3 is 9.64 Å². The van der Waals surface area contributed by atoms with Crippen LogP contribution in [0.2, 0.25) is 0 Å². The van der Waals surface area contributed by atoms with E-state index in [1.807, 2.05) is 20.2 Å². The number of esters is 1. The Balaban J connectivity index is 1.33. The van der Waals surface area contributed by atoms with E-state index in [2.05, 4.69) is 36.1 Å². The van der Waals surface area contributed by atoms with Crippen LogP contribution in [0, 0.1) is 17.3 Å². The van der Waals surface area contributed by atoms with E-state index in [9.17, 15) is 14.4 Å². The Kier molecular flexibility index (Phi) is 6.46. The third-order valence-corrected chi connectivity index (χ3v) is 9.78. The number of nitrogens with zero attached hydrogens (tertiary/aromatic N) is 1. The lowest BCUT2D eigenvalue weighted by Crippen LogP contribution is -2.56. The minimum atomic E-state index is -1.03. The van der Waals surface area contributed by atoms with Gasteiger partial charge in [-0.2, -0.15) is 0 Å². The van der Waals surface area contributed by atoms with Crippen molar-refractivity contribution in [2.45, 2.75) is 83.7 Å². The second kappa shape index (κ2) is 9.32. The lowest BCUT2D eigenvalue weighted by Gasteiger charge is -2.52. The molecule has 0 spiro atoms. The highest BCUT2D eigenvalue weighted by molar-refractivity contribution is 5.93. The molecule has 0 bridgehead atoms. The van der Waals surface area contributed by atoms with Crippen molar-refractivity contribution in [1.29, 1.82) is 0 Å². The molecule has 0 unspecified atom stereocenters. The number of hydrogen-bond donors (Lipinski definition) is 0. The number of carbonyl (C=O) groups is 3. The van der Waals surface area contributed by atoms with E-state index in [0.29, 0.717) is 31.1 Å². The highest BCUT2D eigenvalue weighted by Crippen LogP contribution is 2.64. The first-order valence-electron chi connectivity index (χ1n) is 13.6. The van der Waals surface area contributed by atoms with Crippen molar-refractivity contribution in [2.24, 2.45) is 17.3 Å². The van der Waals surface area contributed by atoms with Gasteiger partial charge in [0.2, 0.25) is 0 Å². The number of hydrogen-bond acceptors (Lipinski definition) is 5. The SMILES string of the molecule is CC(=O)[C@@]1(OC(=O)CCc2ccc(N(C)C)cc2)CC[C@H]2[C@@H]3CCC4=CC(=O)CCC4=C3CC[C@@]21C. The van der Waals surface area contributed by atoms with E-state index in [1.165, 1.54) is 16.7 Å². The number of allylic oxidation sites excluding steroid dienone is 4. The highest BCUT2D eigenvalue weighted by atomic mass is 16.6. The van der Waals surface area contributed by atoms with Gasteiger partial charge in [-0.05, 0) is 105 Å². The summed E-state index contributed by atoms with van der Waals surface area (Å²) >= 11 is 0. The van der Waals surface area contributed by atoms with E-state index >= 15 is 0 Å². The number of anilines is 1. The zero-order chi connectivity index (χ0) is 25.7. The quantitative estimate of drug-likeness (QED) is 0.475. The third kappa shape index (κ3) is 4.05. The van der Waals surface area contributed by atoms with Crippen LogP contribution in [-0.4, -0.2) is 37.2 Å². The van der Waals surface area contributed by atoms with E-state index in [-0.39, 0.29) is 29.4 Å². The van der Waals surface area contributed by atoms with Crippen molar-refractivity contribution in [2.75, 3.05) is 19.0 Å². The van der Waals surface area contributed by atoms with Crippen LogP contribution in [0.3, 0.4) is 0 Å². The summed E-state index contributed by atoms with van der Waals surface area (Å²) in [6.45, 7) is 3.82. The Morgan fingerprint density at radius 2 is 1.78 bits per heavy atom. The Hall–Kier alpha value is -2.69. The minimum absolute atomic E-state index is 0.00746. The lowest BCUT2D eigenvalue weighted by atomic mass is 9.54. The number of carbonyl (C=O) groups excluding carboxylic acids is 3. The molecule has 0 aromatic heterocycles. The monoisotopic (exact) mass is 489 g/mol. The van der Waals surface area contributed by atoms with Gasteiger partial charge in [0.1, 0.15) is 0 Å². The summed E-state index contributed by atoms with van der Waals surface area (Å²) in [5.41, 5.74) is 5.04. The molecule has 5 heteroatoms. The lowest BCUT2D eigenvalue weighted by molar-refractivity contribution is -0.183. The van der Waals surface area contributed by atoms with Crippen molar-refractivity contribution in [3.8, 4) is 0 Å². The normalized spacial score (nSPS) is 31.2. The topological polar surface area (TPSA) is 63.7 Å². The Morgan fingerprint density at radius 3 is 2.47 bits per heavy atom. The van der Waals surface area contributed by atoms with Gasteiger partial charge in [-0.1, -0.05) is 24.6 Å². The minimum Gasteiger partial charge on any atom is -0.450 e. The number of benzene rings is 1. The first-order valence-corrected chi connectivity index (χ1v) is 13.6. The van der Waals surface area contributed by atoms with Crippen LogP contribution in [-0.2, 0) is 25.5 Å². The molecule has 192 valence electrons. The van der Waals surface area contributed by atoms with Crippen molar-refractivity contribution in [1.82, 2.24) is 0 Å². The second-order valence-corrected chi connectivity index (χ2v) is 11.8. The molecule has 36 heavy (non-hydrogen) atoms. The van der Waals surface area contributed by atoms with E-state index < -0.39 is 5.60 Å². The summed E-state index contributed by atoms with van der Waals surface area (Å²) < 4.78 is 6.25. The maximum Gasteiger partial charge on any atom is 0.307 e. The van der Waals surface area contributed by atoms with Gasteiger partial charge in [0.25, 0.3) is 0 Å². The van der Waals surface area contributed by atoms with Crippen LogP contribution in [0.15, 0.2) is 47.1 Å². The zero-order valence-electron chi connectivity index (χ0n) is 22.2. The molecule has 0 heterocycles. The molecular weight excluding hydrogens is 450 g/mol. The fourth-order valence-electron chi connectivity index (χ4n) is 7.80. The van der Waals surface area contributed by atoms with Crippen LogP contribution >= 0.6 is 0 Å². The van der Waals surface area contributed by atoms with Crippen molar-refractivity contribution in [3.63, 3.8) is 0 Å². The van der Waals surface area contributed by atoms with E-state index in [4.69, 9.17) is 4.74 Å². The third-order valence-electron chi connectivity index (χ3n) is 9.78. The molecule has 4 aliphatic carbocycles. The second-order valence-electron chi connectivity index (χ2n) is 11.8. The van der Waals surface area contributed by atoms with E-state index in [0.717, 1.165) is 49.8 Å². The Morgan fingerprint density at radius 1 is 1.03 bits per heavy atom. The summed E-state index contributed by atoms with van der Waals surface area (Å²) in [5, 5.41) is 0. The molecule has 1 aromatic carbocycles. The molecule has 5 rings (SSSR count). The molecule has 2 fully saturated rings. The van der Waals surface area contributed by atoms with Crippen molar-refractivity contribution < 1.29 is 19.1 Å². The summed E-state index contributed by atoms with van der Waals surface area (Å²) in [5.74, 6) is 0.743. The number of rotatable bonds is 6. The maximum atomic E-state index is 13.2.